The zero-order valence-corrected chi connectivity index (χ0v) is 13.7. The molecule has 0 saturated carbocycles. The molecule has 0 aliphatic heterocycles. The Labute approximate surface area is 143 Å². The van der Waals surface area contributed by atoms with E-state index in [2.05, 4.69) is 15.5 Å². The summed E-state index contributed by atoms with van der Waals surface area (Å²) in [6.07, 6.45) is 0. The van der Waals surface area contributed by atoms with Gasteiger partial charge in [0.25, 0.3) is 11.6 Å². The second-order valence-electron chi connectivity index (χ2n) is 5.68. The van der Waals surface area contributed by atoms with Crippen LogP contribution in [0.2, 0.25) is 0 Å². The van der Waals surface area contributed by atoms with Crippen molar-refractivity contribution in [3.8, 4) is 11.3 Å². The highest BCUT2D eigenvalue weighted by Gasteiger charge is 2.13. The molecule has 1 amide bonds. The van der Waals surface area contributed by atoms with Crippen molar-refractivity contribution in [1.29, 1.82) is 0 Å². The average molecular weight is 336 g/mol. The number of anilines is 1. The predicted octanol–water partition coefficient (Wildman–Crippen LogP) is 3.85. The van der Waals surface area contributed by atoms with Crippen molar-refractivity contribution in [2.45, 2.75) is 13.8 Å². The van der Waals surface area contributed by atoms with Crippen molar-refractivity contribution in [1.82, 2.24) is 10.2 Å². The first-order chi connectivity index (χ1) is 12.0. The van der Waals surface area contributed by atoms with Gasteiger partial charge in [0.2, 0.25) is 0 Å². The molecule has 1 aromatic heterocycles. The molecule has 0 bridgehead atoms. The van der Waals surface area contributed by atoms with Crippen LogP contribution in [0.5, 0.6) is 0 Å². The van der Waals surface area contributed by atoms with Crippen molar-refractivity contribution < 1.29 is 9.72 Å². The van der Waals surface area contributed by atoms with Crippen LogP contribution in [0.1, 0.15) is 21.5 Å². The van der Waals surface area contributed by atoms with Crippen LogP contribution in [-0.4, -0.2) is 21.0 Å². The van der Waals surface area contributed by atoms with Crippen molar-refractivity contribution in [3.05, 3.63) is 75.3 Å². The van der Waals surface area contributed by atoms with E-state index in [1.54, 1.807) is 24.3 Å². The van der Waals surface area contributed by atoms with E-state index >= 15 is 0 Å². The average Bonchev–Trinajstić information content (AvgIpc) is 3.06. The van der Waals surface area contributed by atoms with Gasteiger partial charge in [0.1, 0.15) is 0 Å². The van der Waals surface area contributed by atoms with Crippen LogP contribution in [0.4, 0.5) is 11.5 Å². The third kappa shape index (κ3) is 3.40. The lowest BCUT2D eigenvalue weighted by Gasteiger charge is -2.07. The molecule has 0 aliphatic carbocycles. The fourth-order valence-corrected chi connectivity index (χ4v) is 2.50. The summed E-state index contributed by atoms with van der Waals surface area (Å²) in [5.41, 5.74) is 3.73. The van der Waals surface area contributed by atoms with Crippen molar-refractivity contribution >= 4 is 17.4 Å². The van der Waals surface area contributed by atoms with Gasteiger partial charge in [-0.1, -0.05) is 24.3 Å². The summed E-state index contributed by atoms with van der Waals surface area (Å²) >= 11 is 0. The van der Waals surface area contributed by atoms with Crippen molar-refractivity contribution in [2.75, 3.05) is 5.32 Å². The van der Waals surface area contributed by atoms with Gasteiger partial charge in [-0.15, -0.1) is 0 Å². The van der Waals surface area contributed by atoms with Gasteiger partial charge >= 0.3 is 0 Å². The van der Waals surface area contributed by atoms with E-state index in [9.17, 15) is 14.9 Å². The van der Waals surface area contributed by atoms with E-state index in [1.165, 1.54) is 12.1 Å². The molecule has 7 heteroatoms. The molecule has 7 nitrogen and oxygen atoms in total. The minimum absolute atomic E-state index is 0.00642. The van der Waals surface area contributed by atoms with Crippen molar-refractivity contribution in [2.24, 2.45) is 0 Å². The molecule has 0 saturated heterocycles. The van der Waals surface area contributed by atoms with E-state index in [1.807, 2.05) is 26.0 Å². The summed E-state index contributed by atoms with van der Waals surface area (Å²) in [6.45, 7) is 3.84. The first kappa shape index (κ1) is 16.4. The highest BCUT2D eigenvalue weighted by atomic mass is 16.6. The Bertz CT molecular complexity index is 962. The number of rotatable bonds is 4. The Balaban J connectivity index is 1.82. The van der Waals surface area contributed by atoms with Gasteiger partial charge in [0.15, 0.2) is 5.82 Å². The van der Waals surface area contributed by atoms with E-state index in [4.69, 9.17) is 0 Å². The van der Waals surface area contributed by atoms with Gasteiger partial charge in [0.05, 0.1) is 10.6 Å². The minimum atomic E-state index is -0.455. The topological polar surface area (TPSA) is 101 Å². The molecule has 2 N–H and O–H groups in total. The SMILES string of the molecule is Cc1cccc(C(=O)Nc2cc(-c3cccc([N+](=O)[O-])c3)[nH]n2)c1C. The lowest BCUT2D eigenvalue weighted by atomic mass is 10.0. The molecule has 2 aromatic carbocycles. The number of nitro benzene ring substituents is 1. The smallest absolute Gasteiger partial charge is 0.270 e. The molecule has 0 fully saturated rings. The lowest BCUT2D eigenvalue weighted by molar-refractivity contribution is -0.384. The number of nitro groups is 1. The third-order valence-corrected chi connectivity index (χ3v) is 4.04. The van der Waals surface area contributed by atoms with Crippen LogP contribution in [-0.2, 0) is 0 Å². The van der Waals surface area contributed by atoms with Gasteiger partial charge in [-0.3, -0.25) is 20.0 Å². The normalized spacial score (nSPS) is 10.5. The zero-order valence-electron chi connectivity index (χ0n) is 13.7. The molecule has 3 rings (SSSR count). The largest absolute Gasteiger partial charge is 0.305 e. The molecule has 0 radical (unpaired) electrons. The first-order valence-electron chi connectivity index (χ1n) is 7.63. The fourth-order valence-electron chi connectivity index (χ4n) is 2.50. The number of carbonyl (C=O) groups excluding carboxylic acids is 1. The first-order valence-corrected chi connectivity index (χ1v) is 7.63. The molecule has 0 unspecified atom stereocenters. The molecule has 0 aliphatic rings. The van der Waals surface area contributed by atoms with E-state index in [0.29, 0.717) is 22.6 Å². The summed E-state index contributed by atoms with van der Waals surface area (Å²) in [6, 6.07) is 13.4. The highest BCUT2D eigenvalue weighted by molar-refractivity contribution is 6.05. The Kier molecular flexibility index (Phi) is 4.30. The molecule has 0 spiro atoms. The van der Waals surface area contributed by atoms with E-state index in [0.717, 1.165) is 11.1 Å². The predicted molar refractivity (Wildman–Crippen MR) is 94.5 cm³/mol. The van der Waals surface area contributed by atoms with Crippen LogP contribution in [0, 0.1) is 24.0 Å². The monoisotopic (exact) mass is 336 g/mol. The van der Waals surface area contributed by atoms with E-state index < -0.39 is 4.92 Å². The van der Waals surface area contributed by atoms with Gasteiger partial charge < -0.3 is 5.32 Å². The standard InChI is InChI=1S/C18H16N4O3/c1-11-5-3-8-15(12(11)2)18(23)19-17-10-16(20-21-17)13-6-4-7-14(9-13)22(24)25/h3-10H,1-2H3,(H2,19,20,21,23). The zero-order chi connectivity index (χ0) is 18.0. The molecular formula is C18H16N4O3. The molecule has 25 heavy (non-hydrogen) atoms. The maximum atomic E-state index is 12.4. The third-order valence-electron chi connectivity index (χ3n) is 4.04. The number of amides is 1. The van der Waals surface area contributed by atoms with Crippen LogP contribution in [0.3, 0.4) is 0 Å². The number of H-pyrrole nitrogens is 1. The number of nitrogens with zero attached hydrogens (tertiary/aromatic N) is 2. The molecule has 0 atom stereocenters. The molecular weight excluding hydrogens is 320 g/mol. The van der Waals surface area contributed by atoms with E-state index in [-0.39, 0.29) is 11.6 Å². The summed E-state index contributed by atoms with van der Waals surface area (Å²) < 4.78 is 0. The maximum absolute atomic E-state index is 12.4. The van der Waals surface area contributed by atoms with Crippen molar-refractivity contribution in [3.63, 3.8) is 0 Å². The highest BCUT2D eigenvalue weighted by Crippen LogP contribution is 2.24. The minimum Gasteiger partial charge on any atom is -0.305 e. The number of carbonyl (C=O) groups is 1. The Morgan fingerprint density at radius 2 is 1.92 bits per heavy atom. The number of benzene rings is 2. The number of nitrogens with one attached hydrogen (secondary N) is 2. The Morgan fingerprint density at radius 3 is 2.68 bits per heavy atom. The second kappa shape index (κ2) is 6.56. The number of hydrogen-bond donors (Lipinski definition) is 2. The number of aryl methyl sites for hydroxylation is 1. The molecule has 3 aromatic rings. The van der Waals surface area contributed by atoms with Gasteiger partial charge in [0, 0.05) is 29.3 Å². The van der Waals surface area contributed by atoms with Gasteiger partial charge in [-0.05, 0) is 31.0 Å². The Hall–Kier alpha value is -3.48. The summed E-state index contributed by atoms with van der Waals surface area (Å²) in [7, 11) is 0. The lowest BCUT2D eigenvalue weighted by Crippen LogP contribution is -2.14. The molecule has 1 heterocycles. The fraction of sp³-hybridized carbons (Fsp3) is 0.111. The van der Waals surface area contributed by atoms with Crippen LogP contribution in [0.15, 0.2) is 48.5 Å². The van der Waals surface area contributed by atoms with Crippen LogP contribution >= 0.6 is 0 Å². The summed E-state index contributed by atoms with van der Waals surface area (Å²) in [5, 5.41) is 20.5. The summed E-state index contributed by atoms with van der Waals surface area (Å²) in [4.78, 5) is 22.8. The number of non-ortho nitro benzene ring substituents is 1. The second-order valence-corrected chi connectivity index (χ2v) is 5.68. The number of aromatic amines is 1. The van der Waals surface area contributed by atoms with Gasteiger partial charge in [-0.25, -0.2) is 0 Å². The number of aromatic nitrogens is 2. The quantitative estimate of drug-likeness (QED) is 0.558. The maximum Gasteiger partial charge on any atom is 0.270 e. The Morgan fingerprint density at radius 1 is 1.16 bits per heavy atom. The van der Waals surface area contributed by atoms with Gasteiger partial charge in [-0.2, -0.15) is 5.10 Å². The summed E-state index contributed by atoms with van der Waals surface area (Å²) in [5.74, 6) is 0.103. The molecule has 126 valence electrons. The van der Waals surface area contributed by atoms with Crippen LogP contribution < -0.4 is 5.32 Å². The number of hydrogen-bond acceptors (Lipinski definition) is 4. The van der Waals surface area contributed by atoms with Crippen LogP contribution in [0.25, 0.3) is 11.3 Å².